The summed E-state index contributed by atoms with van der Waals surface area (Å²) >= 11 is 10.1. The molecule has 2 aromatic carbocycles. The fraction of sp³-hybridized carbons (Fsp3) is 0.355. The number of nitrogens with zero attached hydrogens (tertiary/aromatic N) is 2. The standard InChI is InChI=1S/C31H35BrClN3O3/c1-20(2)39-25-11-9-22(26(33)18-25)15-21(3)8-13-31(37)34-19-27-28(36-14-6-5-7-30(36)35-27)17-23-16-24(32)10-12-29(23)38-4/h5-7,9-12,14,16,18,20-21H,8,13,15,17,19H2,1-4H3,(H,34,37). The predicted molar refractivity (Wildman–Crippen MR) is 160 cm³/mol. The van der Waals surface area contributed by atoms with Gasteiger partial charge in [-0.05, 0) is 80.6 Å². The van der Waals surface area contributed by atoms with Crippen LogP contribution in [-0.4, -0.2) is 28.5 Å². The summed E-state index contributed by atoms with van der Waals surface area (Å²) in [6, 6.07) is 17.7. The minimum absolute atomic E-state index is 0.0108. The molecule has 0 bridgehead atoms. The van der Waals surface area contributed by atoms with E-state index in [1.165, 1.54) is 0 Å². The number of nitrogens with one attached hydrogen (secondary N) is 1. The molecule has 39 heavy (non-hydrogen) atoms. The number of fused-ring (bicyclic) bond motifs is 1. The quantitative estimate of drug-likeness (QED) is 0.181. The molecule has 0 saturated heterocycles. The number of rotatable bonds is 12. The number of carbonyl (C=O) groups is 1. The molecule has 0 spiro atoms. The van der Waals surface area contributed by atoms with E-state index in [1.54, 1.807) is 7.11 Å². The van der Waals surface area contributed by atoms with E-state index in [-0.39, 0.29) is 12.0 Å². The van der Waals surface area contributed by atoms with Crippen molar-refractivity contribution in [3.8, 4) is 11.5 Å². The average Bonchev–Trinajstić information content (AvgIpc) is 3.25. The zero-order chi connectivity index (χ0) is 27.9. The van der Waals surface area contributed by atoms with Crippen LogP contribution in [0.2, 0.25) is 5.02 Å². The highest BCUT2D eigenvalue weighted by molar-refractivity contribution is 9.10. The first kappa shape index (κ1) is 29.0. The van der Waals surface area contributed by atoms with Crippen molar-refractivity contribution in [2.75, 3.05) is 7.11 Å². The van der Waals surface area contributed by atoms with Crippen molar-refractivity contribution in [3.05, 3.63) is 92.8 Å². The number of benzene rings is 2. The fourth-order valence-corrected chi connectivity index (χ4v) is 5.31. The lowest BCUT2D eigenvalue weighted by atomic mass is 9.96. The van der Waals surface area contributed by atoms with Gasteiger partial charge < -0.3 is 19.2 Å². The maximum atomic E-state index is 12.8. The van der Waals surface area contributed by atoms with Gasteiger partial charge in [0.2, 0.25) is 5.91 Å². The van der Waals surface area contributed by atoms with Crippen LogP contribution in [0.5, 0.6) is 11.5 Å². The summed E-state index contributed by atoms with van der Waals surface area (Å²) < 4.78 is 14.4. The van der Waals surface area contributed by atoms with Crippen LogP contribution in [0.4, 0.5) is 0 Å². The summed E-state index contributed by atoms with van der Waals surface area (Å²) in [5, 5.41) is 3.78. The molecule has 1 unspecified atom stereocenters. The van der Waals surface area contributed by atoms with Gasteiger partial charge in [0.25, 0.3) is 0 Å². The van der Waals surface area contributed by atoms with Crippen LogP contribution in [0.25, 0.3) is 5.65 Å². The van der Waals surface area contributed by atoms with Crippen molar-refractivity contribution in [3.63, 3.8) is 0 Å². The SMILES string of the molecule is COc1ccc(Br)cc1Cc1c(CNC(=O)CCC(C)Cc2ccc(OC(C)C)cc2Cl)nc2ccccn12. The highest BCUT2D eigenvalue weighted by Gasteiger charge is 2.17. The molecule has 206 valence electrons. The van der Waals surface area contributed by atoms with Gasteiger partial charge in [0.05, 0.1) is 31.1 Å². The molecule has 0 aliphatic carbocycles. The molecule has 1 N–H and O–H groups in total. The number of hydrogen-bond acceptors (Lipinski definition) is 4. The minimum Gasteiger partial charge on any atom is -0.496 e. The maximum Gasteiger partial charge on any atom is 0.220 e. The Labute approximate surface area is 243 Å². The fourth-order valence-electron chi connectivity index (χ4n) is 4.65. The number of hydrogen-bond donors (Lipinski definition) is 1. The largest absolute Gasteiger partial charge is 0.496 e. The molecule has 6 nitrogen and oxygen atoms in total. The summed E-state index contributed by atoms with van der Waals surface area (Å²) in [5.41, 5.74) is 4.83. The lowest BCUT2D eigenvalue weighted by Gasteiger charge is -2.15. The second-order valence-electron chi connectivity index (χ2n) is 10.1. The van der Waals surface area contributed by atoms with Crippen LogP contribution >= 0.6 is 27.5 Å². The molecule has 2 heterocycles. The second-order valence-corrected chi connectivity index (χ2v) is 11.4. The second kappa shape index (κ2) is 13.4. The molecule has 1 amide bonds. The number of ether oxygens (including phenoxy) is 2. The third-order valence-electron chi connectivity index (χ3n) is 6.59. The molecule has 4 aromatic rings. The first-order valence-corrected chi connectivity index (χ1v) is 14.4. The molecule has 4 rings (SSSR count). The summed E-state index contributed by atoms with van der Waals surface area (Å²) in [4.78, 5) is 17.6. The Morgan fingerprint density at radius 1 is 1.10 bits per heavy atom. The first-order valence-electron chi connectivity index (χ1n) is 13.2. The van der Waals surface area contributed by atoms with Crippen LogP contribution in [0.3, 0.4) is 0 Å². The maximum absolute atomic E-state index is 12.8. The van der Waals surface area contributed by atoms with Crippen molar-refractivity contribution >= 4 is 39.1 Å². The predicted octanol–water partition coefficient (Wildman–Crippen LogP) is 7.41. The zero-order valence-corrected chi connectivity index (χ0v) is 25.2. The number of imidazole rings is 1. The van der Waals surface area contributed by atoms with Gasteiger partial charge >= 0.3 is 0 Å². The average molecular weight is 613 g/mol. The molecule has 0 radical (unpaired) electrons. The van der Waals surface area contributed by atoms with Crippen molar-refractivity contribution in [1.82, 2.24) is 14.7 Å². The van der Waals surface area contributed by atoms with Gasteiger partial charge in [-0.3, -0.25) is 4.79 Å². The van der Waals surface area contributed by atoms with Crippen LogP contribution in [0.1, 0.15) is 56.1 Å². The monoisotopic (exact) mass is 611 g/mol. The Morgan fingerprint density at radius 3 is 2.67 bits per heavy atom. The van der Waals surface area contributed by atoms with E-state index in [4.69, 9.17) is 26.1 Å². The van der Waals surface area contributed by atoms with Crippen LogP contribution in [0.15, 0.2) is 65.3 Å². The van der Waals surface area contributed by atoms with E-state index in [2.05, 4.69) is 38.6 Å². The Kier molecular flexibility index (Phi) is 9.92. The lowest BCUT2D eigenvalue weighted by molar-refractivity contribution is -0.121. The molecule has 0 aliphatic heterocycles. The van der Waals surface area contributed by atoms with Crippen molar-refractivity contribution in [2.45, 2.75) is 59.1 Å². The molecule has 0 aliphatic rings. The van der Waals surface area contributed by atoms with Gasteiger partial charge in [-0.25, -0.2) is 4.98 Å². The minimum atomic E-state index is 0.0108. The van der Waals surface area contributed by atoms with Gasteiger partial charge in [0.1, 0.15) is 17.1 Å². The molecular weight excluding hydrogens is 578 g/mol. The summed E-state index contributed by atoms with van der Waals surface area (Å²) in [5.74, 6) is 1.90. The van der Waals surface area contributed by atoms with Gasteiger partial charge in [-0.2, -0.15) is 0 Å². The van der Waals surface area contributed by atoms with E-state index < -0.39 is 0 Å². The third kappa shape index (κ3) is 7.76. The number of pyridine rings is 1. The van der Waals surface area contributed by atoms with Crippen molar-refractivity contribution in [1.29, 1.82) is 0 Å². The summed E-state index contributed by atoms with van der Waals surface area (Å²) in [7, 11) is 1.67. The van der Waals surface area contributed by atoms with Gasteiger partial charge in [-0.15, -0.1) is 0 Å². The molecule has 0 saturated carbocycles. The van der Waals surface area contributed by atoms with Crippen LogP contribution in [0, 0.1) is 5.92 Å². The van der Waals surface area contributed by atoms with E-state index in [1.807, 2.05) is 68.6 Å². The summed E-state index contributed by atoms with van der Waals surface area (Å²) in [6.45, 7) is 6.49. The number of aromatic nitrogens is 2. The Hall–Kier alpha value is -3.03. The normalized spacial score (nSPS) is 12.1. The van der Waals surface area contributed by atoms with E-state index in [0.717, 1.165) is 57.0 Å². The number of halogens is 2. The van der Waals surface area contributed by atoms with Gasteiger partial charge in [0.15, 0.2) is 0 Å². The summed E-state index contributed by atoms with van der Waals surface area (Å²) in [6.07, 6.45) is 4.73. The lowest BCUT2D eigenvalue weighted by Crippen LogP contribution is -2.24. The third-order valence-corrected chi connectivity index (χ3v) is 7.44. The van der Waals surface area contributed by atoms with Crippen molar-refractivity contribution < 1.29 is 14.3 Å². The van der Waals surface area contributed by atoms with Crippen LogP contribution in [-0.2, 0) is 24.2 Å². The zero-order valence-electron chi connectivity index (χ0n) is 22.8. The Morgan fingerprint density at radius 2 is 1.92 bits per heavy atom. The highest BCUT2D eigenvalue weighted by atomic mass is 79.9. The number of methoxy groups -OCH3 is 1. The topological polar surface area (TPSA) is 64.9 Å². The van der Waals surface area contributed by atoms with Crippen LogP contribution < -0.4 is 14.8 Å². The van der Waals surface area contributed by atoms with E-state index >= 15 is 0 Å². The molecule has 2 aromatic heterocycles. The van der Waals surface area contributed by atoms with E-state index in [0.29, 0.717) is 30.3 Å². The Balaban J connectivity index is 1.37. The van der Waals surface area contributed by atoms with Gasteiger partial charge in [0, 0.05) is 34.1 Å². The number of carbonyl (C=O) groups excluding carboxylic acids is 1. The highest BCUT2D eigenvalue weighted by Crippen LogP contribution is 2.28. The smallest absolute Gasteiger partial charge is 0.220 e. The number of amides is 1. The van der Waals surface area contributed by atoms with E-state index in [9.17, 15) is 4.79 Å². The van der Waals surface area contributed by atoms with Gasteiger partial charge in [-0.1, -0.05) is 46.6 Å². The molecule has 8 heteroatoms. The first-order chi connectivity index (χ1) is 18.7. The Bertz CT molecular complexity index is 1440. The molecule has 0 fully saturated rings. The molecule has 1 atom stereocenters. The molecular formula is C31H35BrClN3O3. The van der Waals surface area contributed by atoms with Crippen molar-refractivity contribution in [2.24, 2.45) is 5.92 Å².